The van der Waals surface area contributed by atoms with Crippen LogP contribution >= 0.6 is 28.1 Å². The van der Waals surface area contributed by atoms with Gasteiger partial charge >= 0.3 is 0 Å². The molecule has 0 atom stereocenters. The second-order valence-electron chi connectivity index (χ2n) is 4.71. The molecular formula is C15H14BrN3OS. The minimum Gasteiger partial charge on any atom is -0.497 e. The van der Waals surface area contributed by atoms with E-state index >= 15 is 0 Å². The topological polar surface area (TPSA) is 42.8 Å². The van der Waals surface area contributed by atoms with E-state index in [9.17, 15) is 0 Å². The molecule has 0 spiro atoms. The Hall–Kier alpha value is -1.66. The Balaban J connectivity index is 1.88. The lowest BCUT2D eigenvalue weighted by molar-refractivity contribution is 0.414. The highest BCUT2D eigenvalue weighted by molar-refractivity contribution is 9.10. The minimum absolute atomic E-state index is 0.693. The van der Waals surface area contributed by atoms with Crippen LogP contribution in [0.15, 0.2) is 41.0 Å². The number of nitrogens with zero attached hydrogens (tertiary/aromatic N) is 2. The number of H-pyrrole nitrogens is 1. The summed E-state index contributed by atoms with van der Waals surface area (Å²) in [7, 11) is 1.68. The molecule has 0 aliphatic carbocycles. The molecule has 0 unspecified atom stereocenters. The zero-order valence-electron chi connectivity index (χ0n) is 11.5. The van der Waals surface area contributed by atoms with Gasteiger partial charge in [0.15, 0.2) is 10.4 Å². The Morgan fingerprint density at radius 3 is 3.05 bits per heavy atom. The van der Waals surface area contributed by atoms with Crippen molar-refractivity contribution in [2.75, 3.05) is 7.11 Å². The number of imidazole rings is 1. The number of aromatic nitrogens is 3. The highest BCUT2D eigenvalue weighted by atomic mass is 79.9. The van der Waals surface area contributed by atoms with E-state index in [1.165, 1.54) is 5.56 Å². The van der Waals surface area contributed by atoms with Gasteiger partial charge < -0.3 is 14.3 Å². The van der Waals surface area contributed by atoms with Crippen LogP contribution < -0.4 is 4.74 Å². The number of benzene rings is 1. The summed E-state index contributed by atoms with van der Waals surface area (Å²) in [6.07, 6.45) is 2.66. The van der Waals surface area contributed by atoms with Gasteiger partial charge in [-0.25, -0.2) is 4.98 Å². The summed E-state index contributed by atoms with van der Waals surface area (Å²) in [6.45, 7) is 0.778. The summed E-state index contributed by atoms with van der Waals surface area (Å²) in [6, 6.07) is 10.1. The number of aryl methyl sites for hydroxylation is 2. The summed E-state index contributed by atoms with van der Waals surface area (Å²) < 4.78 is 8.90. The Bertz CT molecular complexity index is 840. The van der Waals surface area contributed by atoms with Gasteiger partial charge in [-0.05, 0) is 58.3 Å². The van der Waals surface area contributed by atoms with E-state index in [0.717, 1.165) is 34.4 Å². The number of methoxy groups -OCH3 is 1. The number of aromatic amines is 1. The largest absolute Gasteiger partial charge is 0.497 e. The maximum Gasteiger partial charge on any atom is 0.179 e. The summed E-state index contributed by atoms with van der Waals surface area (Å²) in [4.78, 5) is 7.63. The van der Waals surface area contributed by atoms with Crippen LogP contribution in [0.2, 0.25) is 0 Å². The zero-order valence-corrected chi connectivity index (χ0v) is 13.9. The molecule has 0 amide bonds. The Morgan fingerprint density at radius 1 is 1.38 bits per heavy atom. The maximum absolute atomic E-state index is 5.39. The second kappa shape index (κ2) is 5.99. The van der Waals surface area contributed by atoms with Gasteiger partial charge in [0.05, 0.1) is 12.6 Å². The number of ether oxygens (including phenoxy) is 1. The van der Waals surface area contributed by atoms with Crippen LogP contribution in [0.4, 0.5) is 0 Å². The lowest BCUT2D eigenvalue weighted by Crippen LogP contribution is -2.02. The van der Waals surface area contributed by atoms with E-state index in [1.54, 1.807) is 13.3 Å². The van der Waals surface area contributed by atoms with Gasteiger partial charge in [-0.3, -0.25) is 0 Å². The molecule has 0 aliphatic heterocycles. The predicted molar refractivity (Wildman–Crippen MR) is 89.3 cm³/mol. The van der Waals surface area contributed by atoms with Crippen LogP contribution in [0, 0.1) is 4.77 Å². The quantitative estimate of drug-likeness (QED) is 0.709. The number of hydrogen-bond acceptors (Lipinski definition) is 3. The molecule has 2 aromatic heterocycles. The average molecular weight is 364 g/mol. The third kappa shape index (κ3) is 3.01. The second-order valence-corrected chi connectivity index (χ2v) is 6.01. The van der Waals surface area contributed by atoms with Crippen LogP contribution in [-0.2, 0) is 13.0 Å². The molecule has 108 valence electrons. The molecule has 0 saturated carbocycles. The average Bonchev–Trinajstić information content (AvgIpc) is 2.80. The van der Waals surface area contributed by atoms with Gasteiger partial charge in [0.2, 0.25) is 0 Å². The first-order valence-electron chi connectivity index (χ1n) is 6.54. The van der Waals surface area contributed by atoms with E-state index in [2.05, 4.69) is 32.0 Å². The molecule has 4 nitrogen and oxygen atoms in total. The SMILES string of the molecule is COc1cccc(CCn2c(=S)[nH]c3cc(Br)cnc32)c1. The van der Waals surface area contributed by atoms with Gasteiger partial charge in [0.25, 0.3) is 0 Å². The van der Waals surface area contributed by atoms with Crippen molar-refractivity contribution in [1.82, 2.24) is 14.5 Å². The maximum atomic E-state index is 5.39. The monoisotopic (exact) mass is 363 g/mol. The first-order valence-corrected chi connectivity index (χ1v) is 7.74. The van der Waals surface area contributed by atoms with Gasteiger partial charge in [-0.2, -0.15) is 0 Å². The van der Waals surface area contributed by atoms with Gasteiger partial charge in [-0.1, -0.05) is 12.1 Å². The molecule has 3 rings (SSSR count). The van der Waals surface area contributed by atoms with Gasteiger partial charge in [-0.15, -0.1) is 0 Å². The van der Waals surface area contributed by atoms with Crippen molar-refractivity contribution >= 4 is 39.3 Å². The van der Waals surface area contributed by atoms with Crippen molar-refractivity contribution in [2.45, 2.75) is 13.0 Å². The number of hydrogen-bond donors (Lipinski definition) is 1. The molecule has 0 aliphatic rings. The molecule has 1 N–H and O–H groups in total. The molecule has 21 heavy (non-hydrogen) atoms. The van der Waals surface area contributed by atoms with Crippen molar-refractivity contribution in [3.8, 4) is 5.75 Å². The third-order valence-corrected chi connectivity index (χ3v) is 4.09. The fourth-order valence-corrected chi connectivity index (χ4v) is 2.91. The van der Waals surface area contributed by atoms with Crippen LogP contribution in [-0.4, -0.2) is 21.6 Å². The summed E-state index contributed by atoms with van der Waals surface area (Å²) in [5.74, 6) is 0.872. The fraction of sp³-hybridized carbons (Fsp3) is 0.200. The lowest BCUT2D eigenvalue weighted by Gasteiger charge is -2.06. The van der Waals surface area contributed by atoms with Crippen LogP contribution in [0.5, 0.6) is 5.75 Å². The van der Waals surface area contributed by atoms with E-state index in [4.69, 9.17) is 17.0 Å². The number of fused-ring (bicyclic) bond motifs is 1. The van der Waals surface area contributed by atoms with Crippen LogP contribution in [0.25, 0.3) is 11.2 Å². The Morgan fingerprint density at radius 2 is 2.24 bits per heavy atom. The molecule has 2 heterocycles. The molecular weight excluding hydrogens is 350 g/mol. The molecule has 0 saturated heterocycles. The van der Waals surface area contributed by atoms with Crippen molar-refractivity contribution in [3.63, 3.8) is 0 Å². The first-order chi connectivity index (χ1) is 10.2. The summed E-state index contributed by atoms with van der Waals surface area (Å²) in [5.41, 5.74) is 3.04. The third-order valence-electron chi connectivity index (χ3n) is 3.33. The van der Waals surface area contributed by atoms with Gasteiger partial charge in [0, 0.05) is 17.2 Å². The number of pyridine rings is 1. The molecule has 0 radical (unpaired) electrons. The number of halogens is 1. The van der Waals surface area contributed by atoms with Crippen LogP contribution in [0.3, 0.4) is 0 Å². The predicted octanol–water partition coefficient (Wildman–Crippen LogP) is 4.11. The number of nitrogens with one attached hydrogen (secondary N) is 1. The van der Waals surface area contributed by atoms with E-state index < -0.39 is 0 Å². The summed E-state index contributed by atoms with van der Waals surface area (Å²) >= 11 is 8.81. The van der Waals surface area contributed by atoms with Crippen LogP contribution in [0.1, 0.15) is 5.56 Å². The molecule has 3 aromatic rings. The molecule has 0 bridgehead atoms. The van der Waals surface area contributed by atoms with Crippen molar-refractivity contribution in [1.29, 1.82) is 0 Å². The fourth-order valence-electron chi connectivity index (χ4n) is 2.29. The highest BCUT2D eigenvalue weighted by Gasteiger charge is 2.06. The number of rotatable bonds is 4. The van der Waals surface area contributed by atoms with Crippen molar-refractivity contribution in [2.24, 2.45) is 0 Å². The molecule has 1 aromatic carbocycles. The van der Waals surface area contributed by atoms with E-state index in [1.807, 2.05) is 28.8 Å². The van der Waals surface area contributed by atoms with Gasteiger partial charge in [0.1, 0.15) is 5.75 Å². The van der Waals surface area contributed by atoms with Crippen molar-refractivity contribution < 1.29 is 4.74 Å². The van der Waals surface area contributed by atoms with E-state index in [0.29, 0.717) is 4.77 Å². The highest BCUT2D eigenvalue weighted by Crippen LogP contribution is 2.18. The van der Waals surface area contributed by atoms with Crippen molar-refractivity contribution in [3.05, 3.63) is 51.3 Å². The molecule has 6 heteroatoms. The normalized spacial score (nSPS) is 11.0. The molecule has 0 fully saturated rings. The standard InChI is InChI=1S/C15H14BrN3OS/c1-20-12-4-2-3-10(7-12)5-6-19-14-13(18-15(19)21)8-11(16)9-17-14/h2-4,7-9H,5-6H2,1H3,(H,18,21). The van der Waals surface area contributed by atoms with E-state index in [-0.39, 0.29) is 0 Å². The lowest BCUT2D eigenvalue weighted by atomic mass is 10.1. The smallest absolute Gasteiger partial charge is 0.179 e. The Kier molecular flexibility index (Phi) is 4.07. The summed E-state index contributed by atoms with van der Waals surface area (Å²) in [5, 5.41) is 0. The Labute approximate surface area is 135 Å². The zero-order chi connectivity index (χ0) is 14.8. The first kappa shape index (κ1) is 14.3. The minimum atomic E-state index is 0.693.